The molecule has 2 rings (SSSR count). The van der Waals surface area contributed by atoms with E-state index < -0.39 is 0 Å². The van der Waals surface area contributed by atoms with Crippen molar-refractivity contribution < 1.29 is 19.1 Å². The number of piperidine rings is 1. The molecule has 1 saturated heterocycles. The number of benzene rings is 1. The molecule has 0 unspecified atom stereocenters. The Labute approximate surface area is 146 Å². The lowest BCUT2D eigenvalue weighted by Crippen LogP contribution is -2.45. The smallest absolute Gasteiger partial charge is 0.309 e. The molecule has 0 bridgehead atoms. The summed E-state index contributed by atoms with van der Waals surface area (Å²) in [5.74, 6) is -0.806. The number of esters is 1. The van der Waals surface area contributed by atoms with Crippen LogP contribution in [-0.4, -0.2) is 48.9 Å². The molecule has 1 N–H and O–H groups in total. The third-order valence-electron chi connectivity index (χ3n) is 3.97. The maximum atomic E-state index is 12.2. The fourth-order valence-electron chi connectivity index (χ4n) is 2.60. The number of nitrogens with one attached hydrogen (secondary N) is 1. The highest BCUT2D eigenvalue weighted by atomic mass is 35.5. The molecule has 6 nitrogen and oxygen atoms in total. The molecule has 1 aliphatic rings. The SMILES string of the molecule is CCOC(=O)C1CCN(C(=O)CNC(=O)c2ccc(Cl)cc2)CC1. The first-order chi connectivity index (χ1) is 11.5. The standard InChI is InChI=1S/C17H21ClN2O4/c1-2-24-17(23)13-7-9-20(10-8-13)15(21)11-19-16(22)12-3-5-14(18)6-4-12/h3-6,13H,2,7-11H2,1H3,(H,19,22). The Morgan fingerprint density at radius 1 is 1.21 bits per heavy atom. The zero-order chi connectivity index (χ0) is 17.5. The van der Waals surface area contributed by atoms with Crippen molar-refractivity contribution in [1.29, 1.82) is 0 Å². The van der Waals surface area contributed by atoms with Gasteiger partial charge in [0.25, 0.3) is 5.91 Å². The molecule has 0 saturated carbocycles. The molecule has 0 aromatic heterocycles. The molecule has 1 aromatic carbocycles. The van der Waals surface area contributed by atoms with Crippen molar-refractivity contribution in [3.8, 4) is 0 Å². The van der Waals surface area contributed by atoms with Crippen LogP contribution in [0.1, 0.15) is 30.1 Å². The van der Waals surface area contributed by atoms with Gasteiger partial charge in [0.15, 0.2) is 0 Å². The van der Waals surface area contributed by atoms with Gasteiger partial charge in [0.1, 0.15) is 0 Å². The molecule has 1 fully saturated rings. The van der Waals surface area contributed by atoms with Crippen molar-refractivity contribution in [2.24, 2.45) is 5.92 Å². The summed E-state index contributed by atoms with van der Waals surface area (Å²) in [6.45, 7) is 3.08. The van der Waals surface area contributed by atoms with Crippen LogP contribution in [-0.2, 0) is 14.3 Å². The number of hydrogen-bond acceptors (Lipinski definition) is 4. The Kier molecular flexibility index (Phi) is 6.61. The van der Waals surface area contributed by atoms with Crippen LogP contribution in [0.25, 0.3) is 0 Å². The highest BCUT2D eigenvalue weighted by Crippen LogP contribution is 2.18. The summed E-state index contributed by atoms with van der Waals surface area (Å²) in [5.41, 5.74) is 0.452. The molecule has 1 heterocycles. The number of likely N-dealkylation sites (tertiary alicyclic amines) is 1. The van der Waals surface area contributed by atoms with Crippen LogP contribution < -0.4 is 5.32 Å². The van der Waals surface area contributed by atoms with Crippen LogP contribution >= 0.6 is 11.6 Å². The van der Waals surface area contributed by atoms with Crippen LogP contribution in [0, 0.1) is 5.92 Å². The average molecular weight is 353 g/mol. The summed E-state index contributed by atoms with van der Waals surface area (Å²) in [6.07, 6.45) is 1.19. The van der Waals surface area contributed by atoms with Gasteiger partial charge in [-0.15, -0.1) is 0 Å². The van der Waals surface area contributed by atoms with E-state index in [9.17, 15) is 14.4 Å². The molecular weight excluding hydrogens is 332 g/mol. The second kappa shape index (κ2) is 8.68. The maximum absolute atomic E-state index is 12.2. The molecule has 24 heavy (non-hydrogen) atoms. The van der Waals surface area contributed by atoms with Gasteiger partial charge in [0, 0.05) is 23.7 Å². The van der Waals surface area contributed by atoms with Crippen molar-refractivity contribution in [3.05, 3.63) is 34.9 Å². The summed E-state index contributed by atoms with van der Waals surface area (Å²) < 4.78 is 5.00. The number of ether oxygens (including phenoxy) is 1. The zero-order valence-electron chi connectivity index (χ0n) is 13.6. The first kappa shape index (κ1) is 18.3. The predicted octanol–water partition coefficient (Wildman–Crippen LogP) is 1.87. The van der Waals surface area contributed by atoms with Crippen molar-refractivity contribution in [2.75, 3.05) is 26.2 Å². The van der Waals surface area contributed by atoms with Gasteiger partial charge in [-0.1, -0.05) is 11.6 Å². The van der Waals surface area contributed by atoms with E-state index in [0.29, 0.717) is 43.1 Å². The minimum absolute atomic E-state index is 0.0640. The Bertz CT molecular complexity index is 595. The Morgan fingerprint density at radius 2 is 1.83 bits per heavy atom. The summed E-state index contributed by atoms with van der Waals surface area (Å²) in [7, 11) is 0. The van der Waals surface area contributed by atoms with Gasteiger partial charge in [0.05, 0.1) is 19.1 Å². The molecular formula is C17H21ClN2O4. The topological polar surface area (TPSA) is 75.7 Å². The number of carbonyl (C=O) groups excluding carboxylic acids is 3. The molecule has 0 atom stereocenters. The lowest BCUT2D eigenvalue weighted by atomic mass is 9.97. The third kappa shape index (κ3) is 4.96. The Morgan fingerprint density at radius 3 is 2.42 bits per heavy atom. The van der Waals surface area contributed by atoms with E-state index in [1.807, 2.05) is 0 Å². The van der Waals surface area contributed by atoms with Crippen LogP contribution in [0.4, 0.5) is 0 Å². The van der Waals surface area contributed by atoms with Crippen LogP contribution in [0.3, 0.4) is 0 Å². The fourth-order valence-corrected chi connectivity index (χ4v) is 2.72. The van der Waals surface area contributed by atoms with Gasteiger partial charge >= 0.3 is 5.97 Å². The van der Waals surface area contributed by atoms with Gasteiger partial charge < -0.3 is 15.0 Å². The average Bonchev–Trinajstić information content (AvgIpc) is 2.60. The lowest BCUT2D eigenvalue weighted by molar-refractivity contribution is -0.151. The van der Waals surface area contributed by atoms with Crippen LogP contribution in [0.2, 0.25) is 5.02 Å². The van der Waals surface area contributed by atoms with E-state index in [1.54, 1.807) is 36.1 Å². The first-order valence-corrected chi connectivity index (χ1v) is 8.37. The van der Waals surface area contributed by atoms with E-state index in [2.05, 4.69) is 5.32 Å². The highest BCUT2D eigenvalue weighted by Gasteiger charge is 2.28. The van der Waals surface area contributed by atoms with E-state index in [-0.39, 0.29) is 30.2 Å². The first-order valence-electron chi connectivity index (χ1n) is 7.99. The number of hydrogen-bond donors (Lipinski definition) is 1. The molecule has 0 spiro atoms. The minimum Gasteiger partial charge on any atom is -0.466 e. The zero-order valence-corrected chi connectivity index (χ0v) is 14.3. The summed E-state index contributed by atoms with van der Waals surface area (Å²) in [6, 6.07) is 6.46. The van der Waals surface area contributed by atoms with Gasteiger partial charge in [0.2, 0.25) is 5.91 Å². The lowest BCUT2D eigenvalue weighted by Gasteiger charge is -2.30. The van der Waals surface area contributed by atoms with Crippen molar-refractivity contribution in [2.45, 2.75) is 19.8 Å². The monoisotopic (exact) mass is 352 g/mol. The second-order valence-electron chi connectivity index (χ2n) is 5.60. The minimum atomic E-state index is -0.318. The van der Waals surface area contributed by atoms with Crippen molar-refractivity contribution >= 4 is 29.4 Å². The Balaban J connectivity index is 1.76. The van der Waals surface area contributed by atoms with Gasteiger partial charge in [-0.3, -0.25) is 14.4 Å². The number of halogens is 1. The number of rotatable bonds is 5. The van der Waals surface area contributed by atoms with Crippen molar-refractivity contribution in [1.82, 2.24) is 10.2 Å². The van der Waals surface area contributed by atoms with Gasteiger partial charge in [-0.05, 0) is 44.0 Å². The van der Waals surface area contributed by atoms with Gasteiger partial charge in [-0.2, -0.15) is 0 Å². The predicted molar refractivity (Wildman–Crippen MR) is 89.7 cm³/mol. The van der Waals surface area contributed by atoms with E-state index >= 15 is 0 Å². The highest BCUT2D eigenvalue weighted by molar-refractivity contribution is 6.30. The van der Waals surface area contributed by atoms with E-state index in [0.717, 1.165) is 0 Å². The van der Waals surface area contributed by atoms with E-state index in [1.165, 1.54) is 0 Å². The molecule has 7 heteroatoms. The van der Waals surface area contributed by atoms with Crippen molar-refractivity contribution in [3.63, 3.8) is 0 Å². The largest absolute Gasteiger partial charge is 0.466 e. The summed E-state index contributed by atoms with van der Waals surface area (Å²) in [5, 5.41) is 3.15. The number of amides is 2. The maximum Gasteiger partial charge on any atom is 0.309 e. The number of nitrogens with zero attached hydrogens (tertiary/aromatic N) is 1. The molecule has 2 amide bonds. The molecule has 0 radical (unpaired) electrons. The Hall–Kier alpha value is -2.08. The van der Waals surface area contributed by atoms with E-state index in [4.69, 9.17) is 16.3 Å². The quantitative estimate of drug-likeness (QED) is 0.821. The fraction of sp³-hybridized carbons (Fsp3) is 0.471. The van der Waals surface area contributed by atoms with Gasteiger partial charge in [-0.25, -0.2) is 0 Å². The van der Waals surface area contributed by atoms with Crippen LogP contribution in [0.15, 0.2) is 24.3 Å². The molecule has 130 valence electrons. The normalized spacial score (nSPS) is 15.0. The summed E-state index contributed by atoms with van der Waals surface area (Å²) in [4.78, 5) is 37.5. The van der Waals surface area contributed by atoms with Crippen LogP contribution in [0.5, 0.6) is 0 Å². The number of carbonyl (C=O) groups is 3. The second-order valence-corrected chi connectivity index (χ2v) is 6.03. The molecule has 1 aliphatic heterocycles. The molecule has 1 aromatic rings. The third-order valence-corrected chi connectivity index (χ3v) is 4.23. The summed E-state index contributed by atoms with van der Waals surface area (Å²) >= 11 is 5.77. The molecule has 0 aliphatic carbocycles.